The molecule has 7 nitrogen and oxygen atoms in total. The van der Waals surface area contributed by atoms with Gasteiger partial charge in [-0.2, -0.15) is 5.10 Å². The minimum atomic E-state index is -2.54. The van der Waals surface area contributed by atoms with Gasteiger partial charge in [0, 0.05) is 42.8 Å². The zero-order chi connectivity index (χ0) is 25.0. The van der Waals surface area contributed by atoms with Crippen molar-refractivity contribution in [3.63, 3.8) is 0 Å². The van der Waals surface area contributed by atoms with Gasteiger partial charge in [0.15, 0.2) is 0 Å². The van der Waals surface area contributed by atoms with Crippen molar-refractivity contribution < 1.29 is 13.5 Å². The highest BCUT2D eigenvalue weighted by molar-refractivity contribution is 5.92. The zero-order valence-corrected chi connectivity index (χ0v) is 19.9. The molecule has 0 atom stereocenters. The minimum Gasteiger partial charge on any atom is -0.457 e. The number of ether oxygens (including phenoxy) is 1. The molecule has 0 amide bonds. The topological polar surface area (TPSA) is 81.5 Å². The Labute approximate surface area is 205 Å². The summed E-state index contributed by atoms with van der Waals surface area (Å²) >= 11 is 0. The molecule has 0 unspecified atom stereocenters. The van der Waals surface area contributed by atoms with Gasteiger partial charge in [0.25, 0.3) is 0 Å². The third kappa shape index (κ3) is 4.10. The molecule has 1 saturated carbocycles. The highest BCUT2D eigenvalue weighted by Gasteiger charge is 2.45. The molecular weight excluding hydrogens is 462 g/mol. The summed E-state index contributed by atoms with van der Waals surface area (Å²) in [6, 6.07) is 9.44. The molecule has 3 aromatic heterocycles. The van der Waals surface area contributed by atoms with Gasteiger partial charge in [-0.1, -0.05) is 6.58 Å². The van der Waals surface area contributed by atoms with E-state index in [1.807, 2.05) is 50.4 Å². The summed E-state index contributed by atoms with van der Waals surface area (Å²) in [6.07, 6.45) is 5.04. The number of rotatable bonds is 6. The molecule has 1 N–H and O–H groups in total. The minimum absolute atomic E-state index is 0.0601. The lowest BCUT2D eigenvalue weighted by molar-refractivity contribution is -0.114. The number of aromatic amines is 1. The Morgan fingerprint density at radius 2 is 1.97 bits per heavy atom. The highest BCUT2D eigenvalue weighted by atomic mass is 19.3. The number of fused-ring (bicyclic) bond motifs is 2. The number of aromatic nitrogens is 6. The summed E-state index contributed by atoms with van der Waals surface area (Å²) in [5.41, 5.74) is 6.13. The monoisotopic (exact) mass is 486 g/mol. The molecule has 0 bridgehead atoms. The first-order valence-corrected chi connectivity index (χ1v) is 11.7. The number of nitrogens with one attached hydrogen (secondary N) is 1. The molecule has 2 aromatic carbocycles. The van der Waals surface area contributed by atoms with E-state index in [0.29, 0.717) is 34.8 Å². The number of alkyl halides is 2. The third-order valence-corrected chi connectivity index (χ3v) is 6.45. The van der Waals surface area contributed by atoms with Crippen LogP contribution in [0.15, 0.2) is 55.5 Å². The van der Waals surface area contributed by atoms with Crippen LogP contribution in [0.3, 0.4) is 0 Å². The Kier molecular flexibility index (Phi) is 5.10. The lowest BCUT2D eigenvalue weighted by Gasteiger charge is -2.34. The van der Waals surface area contributed by atoms with Gasteiger partial charge in [0.05, 0.1) is 34.6 Å². The van der Waals surface area contributed by atoms with Gasteiger partial charge in [-0.05, 0) is 49.6 Å². The maximum absolute atomic E-state index is 13.2. The van der Waals surface area contributed by atoms with E-state index < -0.39 is 5.92 Å². The molecule has 9 heteroatoms. The van der Waals surface area contributed by atoms with Gasteiger partial charge in [0.2, 0.25) is 5.92 Å². The maximum Gasteiger partial charge on any atom is 0.248 e. The number of benzene rings is 2. The summed E-state index contributed by atoms with van der Waals surface area (Å²) in [7, 11) is 0. The number of hydrogen-bond donors (Lipinski definition) is 1. The standard InChI is InChI=1S/C27H24F2N6O/c1-15(2)25-24(36-19-4-5-20-22(8-19)33-16(3)32-20)7-6-21-26(25)34-23(12-30-21)18-11-31-35(14-18)13-17-9-27(28,29)10-17/h4-8,11-12,14,17H,1,9-10,13H2,2-3H3,(H,32,33). The number of aryl methyl sites for hydroxylation is 1. The molecule has 1 fully saturated rings. The second-order valence-corrected chi connectivity index (χ2v) is 9.53. The first-order valence-electron chi connectivity index (χ1n) is 11.7. The molecule has 3 heterocycles. The summed E-state index contributed by atoms with van der Waals surface area (Å²) < 4.78 is 34.3. The number of H-pyrrole nitrogens is 1. The van der Waals surface area contributed by atoms with Gasteiger partial charge >= 0.3 is 0 Å². The summed E-state index contributed by atoms with van der Waals surface area (Å²) in [6.45, 7) is 8.44. The average molecular weight is 487 g/mol. The molecule has 0 spiro atoms. The van der Waals surface area contributed by atoms with Gasteiger partial charge in [-0.25, -0.2) is 18.7 Å². The van der Waals surface area contributed by atoms with E-state index in [4.69, 9.17) is 9.72 Å². The molecule has 36 heavy (non-hydrogen) atoms. The lowest BCUT2D eigenvalue weighted by Crippen LogP contribution is -2.37. The zero-order valence-electron chi connectivity index (χ0n) is 19.9. The molecule has 1 aliphatic carbocycles. The average Bonchev–Trinajstić information content (AvgIpc) is 3.42. The smallest absolute Gasteiger partial charge is 0.248 e. The Balaban J connectivity index is 1.33. The van der Waals surface area contributed by atoms with Crippen LogP contribution in [0.25, 0.3) is 38.9 Å². The van der Waals surface area contributed by atoms with Crippen molar-refractivity contribution in [3.8, 4) is 22.8 Å². The van der Waals surface area contributed by atoms with E-state index in [-0.39, 0.29) is 18.8 Å². The summed E-state index contributed by atoms with van der Waals surface area (Å²) in [5.74, 6) is -0.465. The van der Waals surface area contributed by atoms with Crippen molar-refractivity contribution in [2.75, 3.05) is 0 Å². The summed E-state index contributed by atoms with van der Waals surface area (Å²) in [4.78, 5) is 17.1. The van der Waals surface area contributed by atoms with Crippen LogP contribution in [-0.2, 0) is 6.54 Å². The van der Waals surface area contributed by atoms with E-state index in [0.717, 1.165) is 33.6 Å². The van der Waals surface area contributed by atoms with Crippen LogP contribution in [0, 0.1) is 12.8 Å². The third-order valence-electron chi connectivity index (χ3n) is 6.45. The first kappa shape index (κ1) is 22.3. The Morgan fingerprint density at radius 1 is 1.17 bits per heavy atom. The van der Waals surface area contributed by atoms with E-state index in [2.05, 4.69) is 26.6 Å². The van der Waals surface area contributed by atoms with Crippen LogP contribution in [0.2, 0.25) is 0 Å². The first-order chi connectivity index (χ1) is 17.2. The highest BCUT2D eigenvalue weighted by Crippen LogP contribution is 2.43. The fraction of sp³-hybridized carbons (Fsp3) is 0.259. The van der Waals surface area contributed by atoms with Gasteiger partial charge in [0.1, 0.15) is 22.8 Å². The molecule has 0 saturated heterocycles. The summed E-state index contributed by atoms with van der Waals surface area (Å²) in [5, 5.41) is 4.35. The second kappa shape index (κ2) is 8.22. The molecule has 6 rings (SSSR count). The molecular formula is C27H24F2N6O. The van der Waals surface area contributed by atoms with Crippen molar-refractivity contribution in [3.05, 3.63) is 66.9 Å². The molecule has 1 aliphatic rings. The van der Waals surface area contributed by atoms with Crippen LogP contribution in [-0.4, -0.2) is 35.6 Å². The fourth-order valence-electron chi connectivity index (χ4n) is 4.78. The van der Waals surface area contributed by atoms with E-state index in [1.165, 1.54) is 0 Å². The Bertz CT molecular complexity index is 1630. The molecule has 182 valence electrons. The van der Waals surface area contributed by atoms with Crippen LogP contribution in [0.4, 0.5) is 8.78 Å². The normalized spacial score (nSPS) is 15.3. The predicted molar refractivity (Wildman–Crippen MR) is 134 cm³/mol. The SMILES string of the molecule is C=C(C)c1c(Oc2ccc3nc(C)[nH]c3c2)ccc2ncc(-c3cnn(CC4CC(F)(F)C4)c3)nc12. The molecule has 0 radical (unpaired) electrons. The fourth-order valence-corrected chi connectivity index (χ4v) is 4.78. The van der Waals surface area contributed by atoms with Crippen LogP contribution < -0.4 is 4.74 Å². The molecule has 5 aromatic rings. The quantitative estimate of drug-likeness (QED) is 0.294. The Morgan fingerprint density at radius 3 is 2.75 bits per heavy atom. The van der Waals surface area contributed by atoms with Crippen molar-refractivity contribution in [1.82, 2.24) is 29.7 Å². The van der Waals surface area contributed by atoms with E-state index in [1.54, 1.807) is 17.1 Å². The van der Waals surface area contributed by atoms with Gasteiger partial charge < -0.3 is 9.72 Å². The number of nitrogens with zero attached hydrogens (tertiary/aromatic N) is 5. The number of halogens is 2. The number of allylic oxidation sites excluding steroid dienone is 1. The van der Waals surface area contributed by atoms with Crippen molar-refractivity contribution >= 4 is 27.6 Å². The van der Waals surface area contributed by atoms with Crippen molar-refractivity contribution in [2.24, 2.45) is 5.92 Å². The van der Waals surface area contributed by atoms with Crippen LogP contribution >= 0.6 is 0 Å². The predicted octanol–water partition coefficient (Wildman–Crippen LogP) is 6.55. The van der Waals surface area contributed by atoms with E-state index >= 15 is 0 Å². The molecule has 0 aliphatic heterocycles. The largest absolute Gasteiger partial charge is 0.457 e. The van der Waals surface area contributed by atoms with Crippen molar-refractivity contribution in [2.45, 2.75) is 39.2 Å². The lowest BCUT2D eigenvalue weighted by atomic mass is 9.81. The van der Waals surface area contributed by atoms with Crippen LogP contribution in [0.1, 0.15) is 31.2 Å². The second-order valence-electron chi connectivity index (χ2n) is 9.53. The number of hydrogen-bond acceptors (Lipinski definition) is 5. The van der Waals surface area contributed by atoms with Crippen molar-refractivity contribution in [1.29, 1.82) is 0 Å². The number of imidazole rings is 1. The van der Waals surface area contributed by atoms with Gasteiger partial charge in [-0.3, -0.25) is 9.67 Å². The van der Waals surface area contributed by atoms with E-state index in [9.17, 15) is 8.78 Å². The maximum atomic E-state index is 13.2. The Hall–Kier alpha value is -4.14. The van der Waals surface area contributed by atoms with Crippen LogP contribution in [0.5, 0.6) is 11.5 Å². The van der Waals surface area contributed by atoms with Gasteiger partial charge in [-0.15, -0.1) is 0 Å².